The van der Waals surface area contributed by atoms with Crippen molar-refractivity contribution in [1.29, 1.82) is 0 Å². The van der Waals surface area contributed by atoms with Crippen molar-refractivity contribution in [1.82, 2.24) is 10.2 Å². The minimum absolute atomic E-state index is 0. The molecule has 1 fully saturated rings. The molecule has 1 saturated heterocycles. The standard InChI is InChI=1S/C13H20N2OS2.ClH/c1-10-3-5-18-12(10)8-15(2)13(16)7-11-9-17-6-4-14-11;/h3,5,11,14H,4,6-9H2,1-2H3;1H. The Morgan fingerprint density at radius 3 is 2.95 bits per heavy atom. The zero-order chi connectivity index (χ0) is 13.0. The molecule has 2 rings (SSSR count). The molecule has 19 heavy (non-hydrogen) atoms. The Morgan fingerprint density at radius 2 is 2.37 bits per heavy atom. The van der Waals surface area contributed by atoms with Crippen molar-refractivity contribution in [2.45, 2.75) is 25.9 Å². The van der Waals surface area contributed by atoms with Crippen LogP contribution in [0.4, 0.5) is 0 Å². The molecule has 0 radical (unpaired) electrons. The molecule has 1 N–H and O–H groups in total. The van der Waals surface area contributed by atoms with Gasteiger partial charge in [0, 0.05) is 42.4 Å². The Morgan fingerprint density at radius 1 is 1.58 bits per heavy atom. The number of thioether (sulfide) groups is 1. The lowest BCUT2D eigenvalue weighted by Crippen LogP contribution is -2.41. The SMILES string of the molecule is Cc1ccsc1CN(C)C(=O)CC1CSCCN1.Cl. The van der Waals surface area contributed by atoms with Crippen LogP contribution in [0.2, 0.25) is 0 Å². The summed E-state index contributed by atoms with van der Waals surface area (Å²) in [6.07, 6.45) is 0.619. The molecule has 3 nitrogen and oxygen atoms in total. The Labute approximate surface area is 129 Å². The highest BCUT2D eigenvalue weighted by atomic mass is 35.5. The second kappa shape index (κ2) is 8.15. The third-order valence-corrected chi connectivity index (χ3v) is 5.33. The van der Waals surface area contributed by atoms with E-state index in [9.17, 15) is 4.79 Å². The number of hydrogen-bond acceptors (Lipinski definition) is 4. The molecule has 1 aromatic rings. The highest BCUT2D eigenvalue weighted by molar-refractivity contribution is 7.99. The summed E-state index contributed by atoms with van der Waals surface area (Å²) in [5, 5.41) is 5.50. The van der Waals surface area contributed by atoms with E-state index in [1.54, 1.807) is 11.3 Å². The van der Waals surface area contributed by atoms with Crippen LogP contribution in [0.3, 0.4) is 0 Å². The zero-order valence-electron chi connectivity index (χ0n) is 11.3. The first-order chi connectivity index (χ1) is 8.66. The lowest BCUT2D eigenvalue weighted by Gasteiger charge is -2.25. The van der Waals surface area contributed by atoms with Crippen LogP contribution in [-0.4, -0.2) is 41.9 Å². The van der Waals surface area contributed by atoms with Gasteiger partial charge in [-0.3, -0.25) is 4.79 Å². The number of carbonyl (C=O) groups excluding carboxylic acids is 1. The number of halogens is 1. The summed E-state index contributed by atoms with van der Waals surface area (Å²) in [6.45, 7) is 3.86. The number of thiophene rings is 1. The van der Waals surface area contributed by atoms with Crippen molar-refractivity contribution >= 4 is 41.4 Å². The molecule has 0 saturated carbocycles. The molecule has 0 bridgehead atoms. The van der Waals surface area contributed by atoms with Crippen LogP contribution < -0.4 is 5.32 Å². The van der Waals surface area contributed by atoms with Crippen molar-refractivity contribution in [2.75, 3.05) is 25.1 Å². The van der Waals surface area contributed by atoms with Gasteiger partial charge in [0.25, 0.3) is 0 Å². The third kappa shape index (κ3) is 4.99. The van der Waals surface area contributed by atoms with Crippen LogP contribution in [0.15, 0.2) is 11.4 Å². The van der Waals surface area contributed by atoms with Crippen LogP contribution >= 0.6 is 35.5 Å². The van der Waals surface area contributed by atoms with Gasteiger partial charge >= 0.3 is 0 Å². The van der Waals surface area contributed by atoms with Gasteiger partial charge in [-0.05, 0) is 23.9 Å². The summed E-state index contributed by atoms with van der Waals surface area (Å²) in [5.41, 5.74) is 1.28. The first kappa shape index (κ1) is 16.8. The molecular formula is C13H21ClN2OS2. The molecule has 1 aliphatic heterocycles. The highest BCUT2D eigenvalue weighted by Gasteiger charge is 2.19. The fourth-order valence-electron chi connectivity index (χ4n) is 1.99. The van der Waals surface area contributed by atoms with Crippen LogP contribution in [0.25, 0.3) is 0 Å². The second-order valence-corrected chi connectivity index (χ2v) is 6.86. The minimum Gasteiger partial charge on any atom is -0.341 e. The predicted molar refractivity (Wildman–Crippen MR) is 86.5 cm³/mol. The summed E-state index contributed by atoms with van der Waals surface area (Å²) < 4.78 is 0. The maximum absolute atomic E-state index is 12.1. The van der Waals surface area contributed by atoms with Crippen molar-refractivity contribution in [2.24, 2.45) is 0 Å². The zero-order valence-corrected chi connectivity index (χ0v) is 13.8. The summed E-state index contributed by atoms with van der Waals surface area (Å²) in [6, 6.07) is 2.46. The van der Waals surface area contributed by atoms with Gasteiger partial charge in [-0.15, -0.1) is 23.7 Å². The number of carbonyl (C=O) groups is 1. The van der Waals surface area contributed by atoms with Crippen molar-refractivity contribution in [3.05, 3.63) is 21.9 Å². The normalized spacial score (nSPS) is 18.7. The predicted octanol–water partition coefficient (Wildman–Crippen LogP) is 2.53. The first-order valence-electron chi connectivity index (χ1n) is 6.25. The average molecular weight is 321 g/mol. The lowest BCUT2D eigenvalue weighted by molar-refractivity contribution is -0.130. The van der Waals surface area contributed by atoms with Crippen molar-refractivity contribution in [3.63, 3.8) is 0 Å². The molecule has 1 aliphatic rings. The van der Waals surface area contributed by atoms with Gasteiger partial charge in [0.15, 0.2) is 0 Å². The summed E-state index contributed by atoms with van der Waals surface area (Å²) >= 11 is 3.66. The summed E-state index contributed by atoms with van der Waals surface area (Å²) in [5.74, 6) is 2.45. The first-order valence-corrected chi connectivity index (χ1v) is 8.28. The van der Waals surface area contributed by atoms with Crippen molar-refractivity contribution in [3.8, 4) is 0 Å². The maximum Gasteiger partial charge on any atom is 0.224 e. The number of hydrogen-bond donors (Lipinski definition) is 1. The fourth-order valence-corrected chi connectivity index (χ4v) is 3.89. The van der Waals surface area contributed by atoms with E-state index in [-0.39, 0.29) is 18.3 Å². The largest absolute Gasteiger partial charge is 0.341 e. The Balaban J connectivity index is 0.00000180. The van der Waals surface area contributed by atoms with Gasteiger partial charge in [-0.1, -0.05) is 0 Å². The molecule has 0 spiro atoms. The number of aryl methyl sites for hydroxylation is 1. The van der Waals surface area contributed by atoms with Crippen LogP contribution in [0.1, 0.15) is 16.9 Å². The fraction of sp³-hybridized carbons (Fsp3) is 0.615. The summed E-state index contributed by atoms with van der Waals surface area (Å²) in [7, 11) is 1.90. The average Bonchev–Trinajstić information content (AvgIpc) is 2.76. The van der Waals surface area contributed by atoms with Gasteiger partial charge in [-0.2, -0.15) is 11.8 Å². The van der Waals surface area contributed by atoms with Crippen LogP contribution in [0.5, 0.6) is 0 Å². The maximum atomic E-state index is 12.1. The highest BCUT2D eigenvalue weighted by Crippen LogP contribution is 2.18. The number of rotatable bonds is 4. The number of amides is 1. The van der Waals surface area contributed by atoms with Gasteiger partial charge < -0.3 is 10.2 Å². The molecule has 1 unspecified atom stereocenters. The lowest BCUT2D eigenvalue weighted by atomic mass is 10.2. The molecule has 0 aliphatic carbocycles. The Hall–Kier alpha value is -0.230. The van der Waals surface area contributed by atoms with Crippen molar-refractivity contribution < 1.29 is 4.79 Å². The van der Waals surface area contributed by atoms with Gasteiger partial charge in [0.05, 0.1) is 6.54 Å². The molecule has 0 aromatic carbocycles. The Bertz CT molecular complexity index is 405. The quantitative estimate of drug-likeness (QED) is 0.925. The molecule has 1 aromatic heterocycles. The van der Waals surface area contributed by atoms with E-state index in [1.165, 1.54) is 10.4 Å². The van der Waals surface area contributed by atoms with Gasteiger partial charge in [0.2, 0.25) is 5.91 Å². The topological polar surface area (TPSA) is 32.3 Å². The molecule has 2 heterocycles. The van der Waals surface area contributed by atoms with E-state index in [2.05, 4.69) is 23.7 Å². The van der Waals surface area contributed by atoms with Gasteiger partial charge in [0.1, 0.15) is 0 Å². The number of nitrogens with one attached hydrogen (secondary N) is 1. The van der Waals surface area contributed by atoms with E-state index in [4.69, 9.17) is 0 Å². The third-order valence-electron chi connectivity index (χ3n) is 3.19. The van der Waals surface area contributed by atoms with Crippen LogP contribution in [0, 0.1) is 6.92 Å². The molecule has 1 atom stereocenters. The van der Waals surface area contributed by atoms with E-state index in [1.807, 2.05) is 23.7 Å². The Kier molecular flexibility index (Phi) is 7.21. The monoisotopic (exact) mass is 320 g/mol. The van der Waals surface area contributed by atoms with E-state index in [0.29, 0.717) is 12.5 Å². The van der Waals surface area contributed by atoms with E-state index < -0.39 is 0 Å². The second-order valence-electron chi connectivity index (χ2n) is 4.71. The molecule has 1 amide bonds. The van der Waals surface area contributed by atoms with Gasteiger partial charge in [-0.25, -0.2) is 0 Å². The molecule has 108 valence electrons. The minimum atomic E-state index is 0. The summed E-state index contributed by atoms with van der Waals surface area (Å²) in [4.78, 5) is 15.3. The molecular weight excluding hydrogens is 300 g/mol. The number of nitrogens with zero attached hydrogens (tertiary/aromatic N) is 1. The molecule has 6 heteroatoms. The van der Waals surface area contributed by atoms with Crippen LogP contribution in [-0.2, 0) is 11.3 Å². The smallest absolute Gasteiger partial charge is 0.224 e. The van der Waals surface area contributed by atoms with E-state index in [0.717, 1.165) is 24.6 Å². The van der Waals surface area contributed by atoms with E-state index >= 15 is 0 Å².